The molecular formula is C18H12ClF3N4O2. The lowest BCUT2D eigenvalue weighted by molar-refractivity contribution is -0.153. The second-order valence-corrected chi connectivity index (χ2v) is 5.98. The van der Waals surface area contributed by atoms with Gasteiger partial charge in [-0.2, -0.15) is 28.2 Å². The van der Waals surface area contributed by atoms with E-state index in [4.69, 9.17) is 26.3 Å². The molecule has 0 saturated heterocycles. The number of ether oxygens (including phenoxy) is 2. The number of benzene rings is 1. The number of alkyl halides is 3. The van der Waals surface area contributed by atoms with Crippen LogP contribution < -0.4 is 9.47 Å². The Kier molecular flexibility index (Phi) is 5.70. The van der Waals surface area contributed by atoms with Gasteiger partial charge in [-0.15, -0.1) is 0 Å². The van der Waals surface area contributed by atoms with Crippen LogP contribution >= 0.6 is 11.6 Å². The number of pyridine rings is 1. The van der Waals surface area contributed by atoms with Crippen LogP contribution in [0.15, 0.2) is 48.8 Å². The maximum Gasteiger partial charge on any atom is 0.422 e. The molecule has 0 bridgehead atoms. The van der Waals surface area contributed by atoms with Crippen LogP contribution in [0.1, 0.15) is 11.1 Å². The summed E-state index contributed by atoms with van der Waals surface area (Å²) in [5, 5.41) is 13.3. The quantitative estimate of drug-likeness (QED) is 0.607. The van der Waals surface area contributed by atoms with Gasteiger partial charge in [0, 0.05) is 28.9 Å². The third-order valence-corrected chi connectivity index (χ3v) is 3.73. The van der Waals surface area contributed by atoms with Crippen molar-refractivity contribution in [2.24, 2.45) is 0 Å². The van der Waals surface area contributed by atoms with Gasteiger partial charge in [-0.1, -0.05) is 17.7 Å². The highest BCUT2D eigenvalue weighted by atomic mass is 35.5. The minimum Gasteiger partial charge on any atom is -0.484 e. The SMILES string of the molecule is N#Cc1ccnc(-n2nccc2OCc2ccc(Cl)cc2OCC(F)(F)F)c1. The van der Waals surface area contributed by atoms with Gasteiger partial charge in [0.1, 0.15) is 12.4 Å². The number of nitriles is 1. The normalized spacial score (nSPS) is 11.1. The zero-order valence-electron chi connectivity index (χ0n) is 14.2. The first kappa shape index (κ1) is 19.5. The first-order valence-electron chi connectivity index (χ1n) is 7.87. The summed E-state index contributed by atoms with van der Waals surface area (Å²) in [7, 11) is 0. The summed E-state index contributed by atoms with van der Waals surface area (Å²) in [5.74, 6) is 0.628. The van der Waals surface area contributed by atoms with E-state index >= 15 is 0 Å². The maximum absolute atomic E-state index is 12.5. The Balaban J connectivity index is 1.79. The maximum atomic E-state index is 12.5. The van der Waals surface area contributed by atoms with Crippen molar-refractivity contribution in [3.8, 4) is 23.5 Å². The molecule has 0 spiro atoms. The Hall–Kier alpha value is -3.25. The van der Waals surface area contributed by atoms with Crippen LogP contribution in [0.4, 0.5) is 13.2 Å². The number of rotatable bonds is 6. The van der Waals surface area contributed by atoms with E-state index < -0.39 is 12.8 Å². The molecule has 0 saturated carbocycles. The topological polar surface area (TPSA) is 73.0 Å². The minimum absolute atomic E-state index is 0.0273. The van der Waals surface area contributed by atoms with Gasteiger partial charge in [-0.05, 0) is 18.2 Å². The largest absolute Gasteiger partial charge is 0.484 e. The molecule has 10 heteroatoms. The molecule has 0 aliphatic rings. The van der Waals surface area contributed by atoms with Gasteiger partial charge in [-0.3, -0.25) is 0 Å². The van der Waals surface area contributed by atoms with Crippen molar-refractivity contribution in [3.63, 3.8) is 0 Å². The second-order valence-electron chi connectivity index (χ2n) is 5.54. The third kappa shape index (κ3) is 4.92. The van der Waals surface area contributed by atoms with Crippen LogP contribution in [-0.2, 0) is 6.61 Å². The van der Waals surface area contributed by atoms with Crippen LogP contribution in [0.2, 0.25) is 5.02 Å². The summed E-state index contributed by atoms with van der Waals surface area (Å²) < 4.78 is 49.2. The molecule has 0 aliphatic heterocycles. The number of aromatic nitrogens is 3. The van der Waals surface area contributed by atoms with Crippen molar-refractivity contribution < 1.29 is 22.6 Å². The molecule has 3 aromatic rings. The molecule has 1 aromatic carbocycles. The fourth-order valence-electron chi connectivity index (χ4n) is 2.27. The highest BCUT2D eigenvalue weighted by Crippen LogP contribution is 2.27. The monoisotopic (exact) mass is 408 g/mol. The van der Waals surface area contributed by atoms with Gasteiger partial charge < -0.3 is 9.47 Å². The van der Waals surface area contributed by atoms with Gasteiger partial charge in [0.25, 0.3) is 0 Å². The molecule has 0 unspecified atom stereocenters. The summed E-state index contributed by atoms with van der Waals surface area (Å²) in [6, 6.07) is 11.0. The molecular weight excluding hydrogens is 397 g/mol. The molecule has 6 nitrogen and oxygen atoms in total. The van der Waals surface area contributed by atoms with Crippen LogP contribution in [0.3, 0.4) is 0 Å². The van der Waals surface area contributed by atoms with Crippen molar-refractivity contribution in [3.05, 3.63) is 64.9 Å². The summed E-state index contributed by atoms with van der Waals surface area (Å²) in [4.78, 5) is 4.13. The first-order valence-corrected chi connectivity index (χ1v) is 8.25. The fraction of sp³-hybridized carbons (Fsp3) is 0.167. The summed E-state index contributed by atoms with van der Waals surface area (Å²) in [6.45, 7) is -1.53. The second kappa shape index (κ2) is 8.19. The standard InChI is InChI=1S/C18H12ClF3N4O2/c19-14-2-1-13(15(8-14)28-11-18(20,21)22)10-27-17-4-6-25-26(17)16-7-12(9-23)3-5-24-16/h1-8H,10-11H2. The average molecular weight is 409 g/mol. The van der Waals surface area contributed by atoms with Crippen molar-refractivity contribution in [2.45, 2.75) is 12.8 Å². The molecule has 2 heterocycles. The predicted molar refractivity (Wildman–Crippen MR) is 93.4 cm³/mol. The Morgan fingerprint density at radius 1 is 1.11 bits per heavy atom. The van der Waals surface area contributed by atoms with Crippen LogP contribution in [0.25, 0.3) is 5.82 Å². The van der Waals surface area contributed by atoms with Gasteiger partial charge in [0.15, 0.2) is 12.4 Å². The van der Waals surface area contributed by atoms with Gasteiger partial charge in [0.2, 0.25) is 5.88 Å². The zero-order valence-corrected chi connectivity index (χ0v) is 14.9. The first-order chi connectivity index (χ1) is 13.4. The van der Waals surface area contributed by atoms with Crippen molar-refractivity contribution in [1.29, 1.82) is 5.26 Å². The lowest BCUT2D eigenvalue weighted by Crippen LogP contribution is -2.20. The molecule has 0 amide bonds. The summed E-state index contributed by atoms with van der Waals surface area (Å²) in [5.41, 5.74) is 0.770. The van der Waals surface area contributed by atoms with Crippen LogP contribution in [0.5, 0.6) is 11.6 Å². The van der Waals surface area contributed by atoms with E-state index in [9.17, 15) is 13.2 Å². The van der Waals surface area contributed by atoms with E-state index in [1.807, 2.05) is 6.07 Å². The van der Waals surface area contributed by atoms with Gasteiger partial charge >= 0.3 is 6.18 Å². The van der Waals surface area contributed by atoms with E-state index in [2.05, 4.69) is 10.1 Å². The summed E-state index contributed by atoms with van der Waals surface area (Å²) >= 11 is 5.85. The molecule has 0 atom stereocenters. The number of nitrogens with zero attached hydrogens (tertiary/aromatic N) is 4. The molecule has 3 rings (SSSR count). The molecule has 0 N–H and O–H groups in total. The third-order valence-electron chi connectivity index (χ3n) is 3.50. The molecule has 0 aliphatic carbocycles. The smallest absolute Gasteiger partial charge is 0.422 e. The molecule has 0 radical (unpaired) electrons. The molecule has 28 heavy (non-hydrogen) atoms. The van der Waals surface area contributed by atoms with E-state index in [1.54, 1.807) is 12.1 Å². The Labute approximate surface area is 162 Å². The van der Waals surface area contributed by atoms with Crippen molar-refractivity contribution in [1.82, 2.24) is 14.8 Å². The Morgan fingerprint density at radius 3 is 2.68 bits per heavy atom. The lowest BCUT2D eigenvalue weighted by Gasteiger charge is -2.14. The fourth-order valence-corrected chi connectivity index (χ4v) is 2.43. The van der Waals surface area contributed by atoms with E-state index in [-0.39, 0.29) is 17.4 Å². The minimum atomic E-state index is -4.48. The van der Waals surface area contributed by atoms with Crippen LogP contribution in [0, 0.1) is 11.3 Å². The van der Waals surface area contributed by atoms with E-state index in [0.717, 1.165) is 0 Å². The van der Waals surface area contributed by atoms with Gasteiger partial charge in [0.05, 0.1) is 17.8 Å². The Bertz CT molecular complexity index is 1010. The predicted octanol–water partition coefficient (Wildman–Crippen LogP) is 4.31. The van der Waals surface area contributed by atoms with Gasteiger partial charge in [-0.25, -0.2) is 4.98 Å². The number of hydrogen-bond acceptors (Lipinski definition) is 5. The number of halogens is 4. The highest BCUT2D eigenvalue weighted by Gasteiger charge is 2.29. The number of hydrogen-bond donors (Lipinski definition) is 0. The van der Waals surface area contributed by atoms with Crippen LogP contribution in [-0.4, -0.2) is 27.5 Å². The molecule has 2 aromatic heterocycles. The van der Waals surface area contributed by atoms with Crippen molar-refractivity contribution >= 4 is 11.6 Å². The molecule has 0 fully saturated rings. The molecule has 144 valence electrons. The van der Waals surface area contributed by atoms with E-state index in [0.29, 0.717) is 22.8 Å². The Morgan fingerprint density at radius 2 is 1.93 bits per heavy atom. The average Bonchev–Trinajstić information content (AvgIpc) is 3.13. The van der Waals surface area contributed by atoms with Crippen molar-refractivity contribution in [2.75, 3.05) is 6.61 Å². The van der Waals surface area contributed by atoms with E-state index in [1.165, 1.54) is 41.3 Å². The zero-order chi connectivity index (χ0) is 20.1. The lowest BCUT2D eigenvalue weighted by atomic mass is 10.2. The summed E-state index contributed by atoms with van der Waals surface area (Å²) in [6.07, 6.45) is -1.54. The highest BCUT2D eigenvalue weighted by molar-refractivity contribution is 6.30.